The number of alkyl halides is 1. The molecule has 2 heterocycles. The van der Waals surface area contributed by atoms with Crippen LogP contribution in [0.15, 0.2) is 47.4 Å². The molecular formula is C23H32FN3O4Si. The predicted octanol–water partition coefficient (Wildman–Crippen LogP) is 4.18. The number of ether oxygens (including phenoxy) is 1. The number of benzene rings is 1. The van der Waals surface area contributed by atoms with Gasteiger partial charge in [-0.1, -0.05) is 39.0 Å². The average molecular weight is 463 g/mol. The lowest BCUT2D eigenvalue weighted by molar-refractivity contribution is -0.122. The minimum atomic E-state index is -2.35. The lowest BCUT2D eigenvalue weighted by Crippen LogP contribution is -2.56. The highest BCUT2D eigenvalue weighted by Crippen LogP contribution is 2.40. The molecule has 1 aromatic carbocycles. The van der Waals surface area contributed by atoms with Gasteiger partial charge in [-0.2, -0.15) is 4.98 Å². The number of hydrogen-bond donors (Lipinski definition) is 1. The summed E-state index contributed by atoms with van der Waals surface area (Å²) in [7, 11) is -2.35. The van der Waals surface area contributed by atoms with Crippen LogP contribution in [0.3, 0.4) is 0 Å². The van der Waals surface area contributed by atoms with Gasteiger partial charge in [-0.05, 0) is 43.2 Å². The van der Waals surface area contributed by atoms with Crippen molar-refractivity contribution in [3.8, 4) is 0 Å². The fourth-order valence-corrected chi connectivity index (χ4v) is 4.55. The molecule has 1 saturated heterocycles. The SMILES string of the molecule is [2H]CC1OCC(n2ccc(NC(=O)c3ccccc3)nc2=O)C(F)C1O[Si](C)(C)C(C)(C)C. The van der Waals surface area contributed by atoms with Gasteiger partial charge >= 0.3 is 5.69 Å². The van der Waals surface area contributed by atoms with E-state index in [2.05, 4.69) is 31.1 Å². The van der Waals surface area contributed by atoms with Crippen molar-refractivity contribution in [1.29, 1.82) is 0 Å². The number of nitrogens with one attached hydrogen (secondary N) is 1. The van der Waals surface area contributed by atoms with Crippen molar-refractivity contribution < 1.29 is 19.7 Å². The zero-order valence-electron chi connectivity index (χ0n) is 20.2. The molecule has 174 valence electrons. The van der Waals surface area contributed by atoms with Crippen LogP contribution < -0.4 is 11.0 Å². The second-order valence-electron chi connectivity index (χ2n) is 9.55. The number of carbonyl (C=O) groups is 1. The fraction of sp³-hybridized carbons (Fsp3) is 0.522. The lowest BCUT2D eigenvalue weighted by Gasteiger charge is -2.45. The highest BCUT2D eigenvalue weighted by molar-refractivity contribution is 6.74. The quantitative estimate of drug-likeness (QED) is 0.674. The molecule has 1 fully saturated rings. The van der Waals surface area contributed by atoms with E-state index < -0.39 is 44.3 Å². The number of nitrogens with zero attached hydrogens (tertiary/aromatic N) is 2. The van der Waals surface area contributed by atoms with Gasteiger partial charge in [0.2, 0.25) is 0 Å². The van der Waals surface area contributed by atoms with Crippen molar-refractivity contribution in [3.63, 3.8) is 0 Å². The van der Waals surface area contributed by atoms with Crippen LogP contribution in [-0.4, -0.2) is 48.8 Å². The molecule has 0 spiro atoms. The second kappa shape index (κ2) is 9.25. The van der Waals surface area contributed by atoms with Crippen molar-refractivity contribution in [3.05, 3.63) is 58.6 Å². The Labute approximate surface area is 190 Å². The van der Waals surface area contributed by atoms with Crippen LogP contribution in [0.2, 0.25) is 18.1 Å². The molecule has 1 aliphatic heterocycles. The van der Waals surface area contributed by atoms with Gasteiger partial charge in [-0.15, -0.1) is 0 Å². The molecular weight excluding hydrogens is 429 g/mol. The summed E-state index contributed by atoms with van der Waals surface area (Å²) < 4.78 is 36.8. The molecule has 0 saturated carbocycles. The topological polar surface area (TPSA) is 82.5 Å². The van der Waals surface area contributed by atoms with Crippen LogP contribution in [-0.2, 0) is 9.16 Å². The summed E-state index contributed by atoms with van der Waals surface area (Å²) in [5.41, 5.74) is -0.271. The van der Waals surface area contributed by atoms with Gasteiger partial charge in [-0.3, -0.25) is 9.36 Å². The highest BCUT2D eigenvalue weighted by atomic mass is 28.4. The largest absolute Gasteiger partial charge is 0.408 e. The van der Waals surface area contributed by atoms with Gasteiger partial charge in [0.25, 0.3) is 5.91 Å². The monoisotopic (exact) mass is 462 g/mol. The predicted molar refractivity (Wildman–Crippen MR) is 124 cm³/mol. The molecule has 1 aliphatic rings. The molecule has 9 heteroatoms. The zero-order valence-corrected chi connectivity index (χ0v) is 20.2. The van der Waals surface area contributed by atoms with Crippen LogP contribution in [0.4, 0.5) is 10.2 Å². The molecule has 3 rings (SSSR count). The standard InChI is InChI=1S/C23H32FN3O4Si/c1-15-20(31-32(5,6)23(2,3)4)19(24)17(14-30-15)27-13-12-18(26-22(27)29)25-21(28)16-10-8-7-9-11-16/h7-13,15,17,19-20H,14H2,1-6H3,(H,25,26,28,29)/i1D. The minimum Gasteiger partial charge on any atom is -0.408 e. The summed E-state index contributed by atoms with van der Waals surface area (Å²) in [4.78, 5) is 28.9. The summed E-state index contributed by atoms with van der Waals surface area (Å²) in [5.74, 6) is -0.318. The molecule has 0 aliphatic carbocycles. The Morgan fingerprint density at radius 1 is 1.31 bits per heavy atom. The molecule has 1 aromatic heterocycles. The number of aromatic nitrogens is 2. The highest BCUT2D eigenvalue weighted by Gasteiger charge is 2.47. The van der Waals surface area contributed by atoms with E-state index in [1.165, 1.54) is 16.8 Å². The first-order chi connectivity index (χ1) is 15.4. The van der Waals surface area contributed by atoms with Crippen LogP contribution >= 0.6 is 0 Å². The minimum absolute atomic E-state index is 0.0701. The van der Waals surface area contributed by atoms with Gasteiger partial charge in [0.05, 0.1) is 18.8 Å². The maximum absolute atomic E-state index is 15.7. The summed E-state index contributed by atoms with van der Waals surface area (Å²) in [5, 5.41) is 2.43. The number of amides is 1. The number of hydrogen-bond acceptors (Lipinski definition) is 5. The summed E-state index contributed by atoms with van der Waals surface area (Å²) in [6, 6.07) is 9.07. The smallest absolute Gasteiger partial charge is 0.349 e. The van der Waals surface area contributed by atoms with Crippen LogP contribution in [0.5, 0.6) is 0 Å². The van der Waals surface area contributed by atoms with E-state index in [1.807, 2.05) is 13.1 Å². The summed E-state index contributed by atoms with van der Waals surface area (Å²) in [6.45, 7) is 9.99. The molecule has 4 unspecified atom stereocenters. The van der Waals surface area contributed by atoms with E-state index in [0.29, 0.717) is 5.56 Å². The van der Waals surface area contributed by atoms with Crippen molar-refractivity contribution in [2.75, 3.05) is 11.9 Å². The third-order valence-corrected chi connectivity index (χ3v) is 10.7. The van der Waals surface area contributed by atoms with E-state index in [1.54, 1.807) is 30.3 Å². The maximum atomic E-state index is 15.7. The van der Waals surface area contributed by atoms with E-state index in [4.69, 9.17) is 10.5 Å². The maximum Gasteiger partial charge on any atom is 0.349 e. The first-order valence-corrected chi connectivity index (χ1v) is 13.5. The van der Waals surface area contributed by atoms with Crippen molar-refractivity contribution in [1.82, 2.24) is 9.55 Å². The number of carbonyl (C=O) groups excluding carboxylic acids is 1. The Bertz CT molecular complexity index is 1030. The Hall–Kier alpha value is -2.36. The third-order valence-electron chi connectivity index (χ3n) is 6.23. The van der Waals surface area contributed by atoms with E-state index >= 15 is 4.39 Å². The first-order valence-electron chi connectivity index (χ1n) is 11.3. The summed E-state index contributed by atoms with van der Waals surface area (Å²) >= 11 is 0. The Balaban J connectivity index is 1.81. The number of halogens is 1. The van der Waals surface area contributed by atoms with Gasteiger partial charge in [0, 0.05) is 13.1 Å². The van der Waals surface area contributed by atoms with Gasteiger partial charge in [0.1, 0.15) is 11.9 Å². The van der Waals surface area contributed by atoms with Gasteiger partial charge in [0.15, 0.2) is 14.5 Å². The Morgan fingerprint density at radius 2 is 2.00 bits per heavy atom. The first kappa shape index (κ1) is 22.8. The van der Waals surface area contributed by atoms with Crippen molar-refractivity contribution in [2.24, 2.45) is 0 Å². The van der Waals surface area contributed by atoms with Gasteiger partial charge < -0.3 is 14.5 Å². The average Bonchev–Trinajstić information content (AvgIpc) is 2.75. The van der Waals surface area contributed by atoms with Crippen molar-refractivity contribution in [2.45, 2.75) is 70.2 Å². The molecule has 1 N–H and O–H groups in total. The van der Waals surface area contributed by atoms with E-state index in [9.17, 15) is 9.59 Å². The molecule has 4 atom stereocenters. The molecule has 7 nitrogen and oxygen atoms in total. The lowest BCUT2D eigenvalue weighted by atomic mass is 10.0. The van der Waals surface area contributed by atoms with Crippen molar-refractivity contribution >= 4 is 20.0 Å². The molecule has 0 bridgehead atoms. The molecule has 32 heavy (non-hydrogen) atoms. The zero-order chi connectivity index (χ0) is 24.4. The third kappa shape index (κ3) is 5.16. The Kier molecular flexibility index (Phi) is 6.59. The fourth-order valence-electron chi connectivity index (χ4n) is 3.24. The van der Waals surface area contributed by atoms with Crippen LogP contribution in [0.25, 0.3) is 0 Å². The molecule has 2 aromatic rings. The molecule has 0 radical (unpaired) electrons. The normalized spacial score (nSPS) is 24.6. The molecule has 1 amide bonds. The van der Waals surface area contributed by atoms with E-state index in [0.717, 1.165) is 0 Å². The number of rotatable bonds is 5. The Morgan fingerprint density at radius 3 is 2.59 bits per heavy atom. The van der Waals surface area contributed by atoms with Crippen LogP contribution in [0, 0.1) is 0 Å². The van der Waals surface area contributed by atoms with Crippen LogP contribution in [0.1, 0.15) is 45.4 Å². The van der Waals surface area contributed by atoms with Gasteiger partial charge in [-0.25, -0.2) is 9.18 Å². The second-order valence-corrected chi connectivity index (χ2v) is 14.3. The number of anilines is 1. The van der Waals surface area contributed by atoms with E-state index in [-0.39, 0.29) is 24.4 Å². The summed E-state index contributed by atoms with van der Waals surface area (Å²) in [6.07, 6.45) is -1.81.